The monoisotopic (exact) mass is 1170 g/mol. The molecule has 2 unspecified atom stereocenters. The van der Waals surface area contributed by atoms with Gasteiger partial charge in [-0.05, 0) is 57.8 Å². The number of esters is 1. The number of carbonyl (C=O) groups excluding carboxylic acids is 2. The molecule has 0 aromatic heterocycles. The van der Waals surface area contributed by atoms with Crippen molar-refractivity contribution in [3.05, 3.63) is 24.3 Å². The summed E-state index contributed by atoms with van der Waals surface area (Å²) in [4.78, 5) is 24.6. The summed E-state index contributed by atoms with van der Waals surface area (Å²) in [7, 11) is 0. The zero-order valence-corrected chi connectivity index (χ0v) is 56.5. The van der Waals surface area contributed by atoms with Crippen LogP contribution in [0.1, 0.15) is 431 Å². The Morgan fingerprint density at radius 2 is 0.566 bits per heavy atom. The van der Waals surface area contributed by atoms with Crippen LogP contribution >= 0.6 is 0 Å². The molecule has 0 aliphatic heterocycles. The molecular formula is C77H149NO5. The van der Waals surface area contributed by atoms with Crippen LogP contribution in [0.25, 0.3) is 0 Å². The van der Waals surface area contributed by atoms with Gasteiger partial charge in [-0.1, -0.05) is 385 Å². The Hall–Kier alpha value is -1.66. The fourth-order valence-electron chi connectivity index (χ4n) is 12.2. The summed E-state index contributed by atoms with van der Waals surface area (Å²) in [6.07, 6.45) is 93.0. The van der Waals surface area contributed by atoms with Gasteiger partial charge >= 0.3 is 5.97 Å². The van der Waals surface area contributed by atoms with Crippen molar-refractivity contribution in [3.8, 4) is 0 Å². The summed E-state index contributed by atoms with van der Waals surface area (Å²) in [5.41, 5.74) is 0. The third-order valence-electron chi connectivity index (χ3n) is 18.0. The van der Waals surface area contributed by atoms with Crippen molar-refractivity contribution in [2.24, 2.45) is 0 Å². The molecule has 1 amide bonds. The molecule has 0 bridgehead atoms. The molecule has 0 aliphatic rings. The van der Waals surface area contributed by atoms with Gasteiger partial charge in [0.1, 0.15) is 0 Å². The number of ether oxygens (including phenoxy) is 1. The normalized spacial score (nSPS) is 12.6. The van der Waals surface area contributed by atoms with Crippen LogP contribution < -0.4 is 5.32 Å². The van der Waals surface area contributed by atoms with E-state index in [0.717, 1.165) is 44.9 Å². The van der Waals surface area contributed by atoms with Crippen LogP contribution in [0.3, 0.4) is 0 Å². The van der Waals surface area contributed by atoms with Crippen molar-refractivity contribution in [3.63, 3.8) is 0 Å². The Morgan fingerprint density at radius 1 is 0.325 bits per heavy atom. The Morgan fingerprint density at radius 3 is 0.855 bits per heavy atom. The minimum Gasteiger partial charge on any atom is -0.466 e. The fourth-order valence-corrected chi connectivity index (χ4v) is 12.2. The highest BCUT2D eigenvalue weighted by molar-refractivity contribution is 5.76. The molecule has 6 nitrogen and oxygen atoms in total. The van der Waals surface area contributed by atoms with E-state index in [4.69, 9.17) is 4.74 Å². The predicted octanol–water partition coefficient (Wildman–Crippen LogP) is 24.9. The molecule has 0 radical (unpaired) electrons. The van der Waals surface area contributed by atoms with Gasteiger partial charge in [-0.15, -0.1) is 0 Å². The molecule has 3 N–H and O–H groups in total. The van der Waals surface area contributed by atoms with Gasteiger partial charge in [-0.2, -0.15) is 0 Å². The molecule has 0 aromatic rings. The van der Waals surface area contributed by atoms with E-state index in [0.29, 0.717) is 19.4 Å². The number of hydrogen-bond acceptors (Lipinski definition) is 5. The maximum Gasteiger partial charge on any atom is 0.305 e. The molecule has 2 atom stereocenters. The minimum absolute atomic E-state index is 0.0159. The number of unbranched alkanes of at least 4 members (excludes halogenated alkanes) is 59. The standard InChI is InChI=1S/C77H149NO5/c1-3-5-7-9-11-13-15-17-42-47-51-55-59-63-67-71-77(82)83-72-68-64-60-56-52-48-44-41-39-37-35-33-31-29-27-25-23-21-19-20-22-24-26-28-30-32-34-36-38-40-43-46-50-54-58-62-66-70-76(81)78-74(73-79)75(80)69-65-61-57-53-49-45-18-16-14-12-10-8-6-4-2/h17,42,65,69,74-75,79-80H,3-16,18-41,43-64,66-68,70-73H2,1-2H3,(H,78,81)/b42-17-,69-65+. The minimum atomic E-state index is -0.839. The van der Waals surface area contributed by atoms with Crippen molar-refractivity contribution in [2.45, 2.75) is 443 Å². The lowest BCUT2D eigenvalue weighted by atomic mass is 10.0. The molecule has 0 rings (SSSR count). The predicted molar refractivity (Wildman–Crippen MR) is 366 cm³/mol. The van der Waals surface area contributed by atoms with Crippen molar-refractivity contribution in [1.29, 1.82) is 0 Å². The van der Waals surface area contributed by atoms with E-state index in [2.05, 4.69) is 31.3 Å². The number of aliphatic hydroxyl groups is 2. The van der Waals surface area contributed by atoms with E-state index in [1.54, 1.807) is 6.08 Å². The molecule has 6 heteroatoms. The highest BCUT2D eigenvalue weighted by atomic mass is 16.5. The number of nitrogens with one attached hydrogen (secondary N) is 1. The molecule has 0 saturated heterocycles. The summed E-state index contributed by atoms with van der Waals surface area (Å²) in [5.74, 6) is -0.0439. The average Bonchev–Trinajstić information content (AvgIpc) is 3.49. The summed E-state index contributed by atoms with van der Waals surface area (Å²) in [6.45, 7) is 4.93. The van der Waals surface area contributed by atoms with Gasteiger partial charge in [-0.25, -0.2) is 0 Å². The first-order valence-corrected chi connectivity index (χ1v) is 38.1. The van der Waals surface area contributed by atoms with Crippen LogP contribution in [0.4, 0.5) is 0 Å². The highest BCUT2D eigenvalue weighted by Crippen LogP contribution is 2.20. The Labute approximate surface area is 520 Å². The Kier molecular flexibility index (Phi) is 71.4. The van der Waals surface area contributed by atoms with Gasteiger partial charge < -0.3 is 20.3 Å². The maximum absolute atomic E-state index is 12.5. The maximum atomic E-state index is 12.5. The molecule has 0 saturated carbocycles. The third kappa shape index (κ3) is 69.3. The topological polar surface area (TPSA) is 95.9 Å². The van der Waals surface area contributed by atoms with Crippen LogP contribution in [0.15, 0.2) is 24.3 Å². The van der Waals surface area contributed by atoms with E-state index in [-0.39, 0.29) is 18.5 Å². The molecule has 0 fully saturated rings. The smallest absolute Gasteiger partial charge is 0.305 e. The lowest BCUT2D eigenvalue weighted by Crippen LogP contribution is -2.45. The van der Waals surface area contributed by atoms with Crippen LogP contribution in [0.5, 0.6) is 0 Å². The summed E-state index contributed by atoms with van der Waals surface area (Å²) >= 11 is 0. The SMILES string of the molecule is CCCCCCCC/C=C\CCCCCCCC(=O)OCCCCCCCCCCCCCCCCCCCCCCCCCCCCCCCCCCCCCCCC(=O)NC(CO)C(O)/C=C/CCCCCCCCCCCCCC. The van der Waals surface area contributed by atoms with Crippen molar-refractivity contribution < 1.29 is 24.5 Å². The molecule has 0 spiro atoms. The van der Waals surface area contributed by atoms with Gasteiger partial charge in [-0.3, -0.25) is 9.59 Å². The van der Waals surface area contributed by atoms with Gasteiger partial charge in [0.15, 0.2) is 0 Å². The second kappa shape index (κ2) is 72.8. The second-order valence-electron chi connectivity index (χ2n) is 26.3. The van der Waals surface area contributed by atoms with E-state index >= 15 is 0 Å². The Balaban J connectivity index is 3.30. The number of carbonyl (C=O) groups is 2. The summed E-state index contributed by atoms with van der Waals surface area (Å²) < 4.78 is 5.50. The van der Waals surface area contributed by atoms with E-state index in [9.17, 15) is 19.8 Å². The van der Waals surface area contributed by atoms with Crippen molar-refractivity contribution in [2.75, 3.05) is 13.2 Å². The number of rotatable bonds is 72. The van der Waals surface area contributed by atoms with Gasteiger partial charge in [0.05, 0.1) is 25.4 Å². The van der Waals surface area contributed by atoms with Crippen LogP contribution in [0.2, 0.25) is 0 Å². The van der Waals surface area contributed by atoms with Gasteiger partial charge in [0.2, 0.25) is 5.91 Å². The largest absolute Gasteiger partial charge is 0.466 e. The van der Waals surface area contributed by atoms with Crippen LogP contribution in [-0.4, -0.2) is 47.4 Å². The zero-order chi connectivity index (χ0) is 59.9. The van der Waals surface area contributed by atoms with Gasteiger partial charge in [0.25, 0.3) is 0 Å². The van der Waals surface area contributed by atoms with Crippen molar-refractivity contribution in [1.82, 2.24) is 5.32 Å². The number of allylic oxidation sites excluding steroid dienone is 3. The van der Waals surface area contributed by atoms with Crippen LogP contribution in [0, 0.1) is 0 Å². The lowest BCUT2D eigenvalue weighted by Gasteiger charge is -2.20. The molecule has 83 heavy (non-hydrogen) atoms. The quantitative estimate of drug-likeness (QED) is 0.0320. The van der Waals surface area contributed by atoms with Crippen LogP contribution in [-0.2, 0) is 14.3 Å². The number of hydrogen-bond donors (Lipinski definition) is 3. The van der Waals surface area contributed by atoms with E-state index in [1.165, 1.54) is 360 Å². The average molecular weight is 1170 g/mol. The van der Waals surface area contributed by atoms with E-state index in [1.807, 2.05) is 6.08 Å². The van der Waals surface area contributed by atoms with E-state index < -0.39 is 12.1 Å². The van der Waals surface area contributed by atoms with Gasteiger partial charge in [0, 0.05) is 12.8 Å². The lowest BCUT2D eigenvalue weighted by molar-refractivity contribution is -0.143. The number of aliphatic hydroxyl groups excluding tert-OH is 2. The molecule has 0 aliphatic carbocycles. The molecular weight excluding hydrogens is 1020 g/mol. The fraction of sp³-hybridized carbons (Fsp3) is 0.922. The molecule has 0 heterocycles. The first kappa shape index (κ1) is 81.3. The summed E-state index contributed by atoms with van der Waals surface area (Å²) in [6, 6.07) is -0.622. The highest BCUT2D eigenvalue weighted by Gasteiger charge is 2.18. The molecule has 492 valence electrons. The second-order valence-corrected chi connectivity index (χ2v) is 26.3. The summed E-state index contributed by atoms with van der Waals surface area (Å²) in [5, 5.41) is 23.2. The first-order valence-electron chi connectivity index (χ1n) is 38.1. The molecule has 0 aromatic carbocycles. The zero-order valence-electron chi connectivity index (χ0n) is 56.5. The Bertz CT molecular complexity index is 1300. The third-order valence-corrected chi connectivity index (χ3v) is 18.0. The van der Waals surface area contributed by atoms with Crippen molar-refractivity contribution >= 4 is 11.9 Å². The number of amides is 1. The first-order chi connectivity index (χ1) is 41.0.